The van der Waals surface area contributed by atoms with E-state index in [0.29, 0.717) is 0 Å². The van der Waals surface area contributed by atoms with Crippen LogP contribution in [-0.4, -0.2) is 31.3 Å². The van der Waals surface area contributed by atoms with Crippen LogP contribution in [0.15, 0.2) is 0 Å². The molecule has 122 valence electrons. The Hall–Kier alpha value is -0.620. The topological polar surface area (TPSA) is 83.5 Å². The lowest BCUT2D eigenvalue weighted by Gasteiger charge is -2.29. The maximum absolute atomic E-state index is 12.3. The molecule has 2 saturated carbocycles. The molecule has 0 amide bonds. The fraction of sp³-hybridized carbons (Fsp3) is 0.933. The minimum atomic E-state index is -3.51. The summed E-state index contributed by atoms with van der Waals surface area (Å²) in [5.41, 5.74) is 0. The predicted molar refractivity (Wildman–Crippen MR) is 81.5 cm³/mol. The summed E-state index contributed by atoms with van der Waals surface area (Å²) >= 11 is 0. The van der Waals surface area contributed by atoms with Crippen LogP contribution in [0, 0.1) is 11.8 Å². The summed E-state index contributed by atoms with van der Waals surface area (Å²) < 4.78 is 27.0. The molecule has 2 aliphatic carbocycles. The molecule has 0 radical (unpaired) electrons. The summed E-state index contributed by atoms with van der Waals surface area (Å²) in [5.74, 6) is -0.813. The molecule has 6 heteroatoms. The number of hydrogen-bond acceptors (Lipinski definition) is 3. The van der Waals surface area contributed by atoms with Gasteiger partial charge in [-0.05, 0) is 37.5 Å². The average molecular weight is 317 g/mol. The van der Waals surface area contributed by atoms with Crippen molar-refractivity contribution in [2.75, 3.05) is 5.75 Å². The third kappa shape index (κ3) is 5.25. The highest BCUT2D eigenvalue weighted by atomic mass is 32.2. The second-order valence-electron chi connectivity index (χ2n) is 6.62. The number of hydrogen-bond donors (Lipinski definition) is 2. The SMILES string of the molecule is O=C(O)C(NS(=O)(=O)CC1CCCCC1)C1CCCCC1. The fourth-order valence-corrected chi connectivity index (χ4v) is 5.45. The van der Waals surface area contributed by atoms with Gasteiger partial charge in [0, 0.05) is 0 Å². The predicted octanol–water partition coefficient (Wildman–Crippen LogP) is 2.52. The monoisotopic (exact) mass is 317 g/mol. The maximum atomic E-state index is 12.3. The van der Waals surface area contributed by atoms with Crippen molar-refractivity contribution >= 4 is 16.0 Å². The Morgan fingerprint density at radius 2 is 1.52 bits per heavy atom. The molecule has 0 spiro atoms. The first-order chi connectivity index (χ1) is 9.98. The molecule has 0 aromatic heterocycles. The van der Waals surface area contributed by atoms with Crippen LogP contribution in [-0.2, 0) is 14.8 Å². The van der Waals surface area contributed by atoms with E-state index >= 15 is 0 Å². The molecule has 0 saturated heterocycles. The zero-order chi connectivity index (χ0) is 15.3. The van der Waals surface area contributed by atoms with Crippen LogP contribution < -0.4 is 4.72 Å². The molecule has 2 aliphatic rings. The molecule has 0 aromatic rings. The van der Waals surface area contributed by atoms with Gasteiger partial charge in [-0.3, -0.25) is 4.79 Å². The molecule has 0 bridgehead atoms. The van der Waals surface area contributed by atoms with E-state index in [-0.39, 0.29) is 17.6 Å². The lowest BCUT2D eigenvalue weighted by molar-refractivity contribution is -0.140. The van der Waals surface area contributed by atoms with Crippen molar-refractivity contribution in [3.63, 3.8) is 0 Å². The molecule has 5 nitrogen and oxygen atoms in total. The molecule has 1 unspecified atom stereocenters. The largest absolute Gasteiger partial charge is 0.480 e. The smallest absolute Gasteiger partial charge is 0.322 e. The van der Waals surface area contributed by atoms with Gasteiger partial charge in [-0.15, -0.1) is 0 Å². The number of nitrogens with one attached hydrogen (secondary N) is 1. The number of rotatable bonds is 6. The summed E-state index contributed by atoms with van der Waals surface area (Å²) in [6, 6.07) is -0.945. The van der Waals surface area contributed by atoms with Gasteiger partial charge in [0.25, 0.3) is 0 Å². The van der Waals surface area contributed by atoms with Crippen molar-refractivity contribution < 1.29 is 18.3 Å². The van der Waals surface area contributed by atoms with Crippen LogP contribution in [0.25, 0.3) is 0 Å². The fourth-order valence-electron chi connectivity index (χ4n) is 3.72. The number of carboxylic acids is 1. The second-order valence-corrected chi connectivity index (χ2v) is 8.42. The van der Waals surface area contributed by atoms with Gasteiger partial charge in [0.2, 0.25) is 10.0 Å². The highest BCUT2D eigenvalue weighted by Crippen LogP contribution is 2.28. The maximum Gasteiger partial charge on any atom is 0.322 e. The van der Waals surface area contributed by atoms with Crippen LogP contribution in [0.5, 0.6) is 0 Å². The lowest BCUT2D eigenvalue weighted by Crippen LogP contribution is -2.48. The van der Waals surface area contributed by atoms with E-state index < -0.39 is 22.0 Å². The molecule has 0 heterocycles. The van der Waals surface area contributed by atoms with Gasteiger partial charge < -0.3 is 5.11 Å². The molecular formula is C15H27NO4S. The number of carboxylic acid groups (broad SMARTS) is 1. The first-order valence-electron chi connectivity index (χ1n) is 8.21. The average Bonchev–Trinajstić information content (AvgIpc) is 2.46. The van der Waals surface area contributed by atoms with E-state index in [1.165, 1.54) is 6.42 Å². The zero-order valence-corrected chi connectivity index (χ0v) is 13.4. The van der Waals surface area contributed by atoms with Gasteiger partial charge in [-0.1, -0.05) is 38.5 Å². The van der Waals surface area contributed by atoms with Crippen molar-refractivity contribution in [2.24, 2.45) is 11.8 Å². The lowest BCUT2D eigenvalue weighted by atomic mass is 9.84. The second kappa shape index (κ2) is 7.58. The molecular weight excluding hydrogens is 290 g/mol. The summed E-state index contributed by atoms with van der Waals surface area (Å²) in [4.78, 5) is 11.4. The third-order valence-electron chi connectivity index (χ3n) is 4.87. The molecule has 2 fully saturated rings. The van der Waals surface area contributed by atoms with E-state index in [1.807, 2.05) is 0 Å². The van der Waals surface area contributed by atoms with Crippen LogP contribution in [0.1, 0.15) is 64.2 Å². The highest BCUT2D eigenvalue weighted by Gasteiger charge is 2.33. The van der Waals surface area contributed by atoms with E-state index in [2.05, 4.69) is 4.72 Å². The Morgan fingerprint density at radius 3 is 2.05 bits per heavy atom. The van der Waals surface area contributed by atoms with Crippen LogP contribution in [0.3, 0.4) is 0 Å². The zero-order valence-electron chi connectivity index (χ0n) is 12.6. The van der Waals surface area contributed by atoms with Gasteiger partial charge >= 0.3 is 5.97 Å². The Kier molecular flexibility index (Phi) is 6.05. The van der Waals surface area contributed by atoms with Gasteiger partial charge in [0.15, 0.2) is 0 Å². The molecule has 0 aromatic carbocycles. The van der Waals surface area contributed by atoms with Crippen molar-refractivity contribution in [1.29, 1.82) is 0 Å². The van der Waals surface area contributed by atoms with Crippen LogP contribution in [0.2, 0.25) is 0 Å². The Labute approximate surface area is 127 Å². The minimum absolute atomic E-state index is 0.0580. The summed E-state index contributed by atoms with van der Waals surface area (Å²) in [5, 5.41) is 9.37. The number of carbonyl (C=O) groups is 1. The van der Waals surface area contributed by atoms with Gasteiger partial charge in [-0.25, -0.2) is 13.1 Å². The van der Waals surface area contributed by atoms with Crippen LogP contribution in [0.4, 0.5) is 0 Å². The first kappa shape index (κ1) is 16.7. The molecule has 2 rings (SSSR count). The quantitative estimate of drug-likeness (QED) is 0.788. The summed E-state index contributed by atoms with van der Waals surface area (Å²) in [6.07, 6.45) is 9.99. The normalized spacial score (nSPS) is 23.8. The van der Waals surface area contributed by atoms with Crippen LogP contribution >= 0.6 is 0 Å². The Balaban J connectivity index is 1.95. The third-order valence-corrected chi connectivity index (χ3v) is 6.40. The number of sulfonamides is 1. The van der Waals surface area contributed by atoms with E-state index in [4.69, 9.17) is 0 Å². The standard InChI is InChI=1S/C15H27NO4S/c17-15(18)14(13-9-5-2-6-10-13)16-21(19,20)11-12-7-3-1-4-8-12/h12-14,16H,1-11H2,(H,17,18). The van der Waals surface area contributed by atoms with E-state index in [0.717, 1.165) is 57.8 Å². The highest BCUT2D eigenvalue weighted by molar-refractivity contribution is 7.89. The summed E-state index contributed by atoms with van der Waals surface area (Å²) in [7, 11) is -3.51. The van der Waals surface area contributed by atoms with E-state index in [1.54, 1.807) is 0 Å². The van der Waals surface area contributed by atoms with E-state index in [9.17, 15) is 18.3 Å². The Bertz CT molecular complexity index is 437. The summed E-state index contributed by atoms with van der Waals surface area (Å²) in [6.45, 7) is 0. The van der Waals surface area contributed by atoms with Crippen molar-refractivity contribution in [3.05, 3.63) is 0 Å². The van der Waals surface area contributed by atoms with Gasteiger partial charge in [-0.2, -0.15) is 0 Å². The van der Waals surface area contributed by atoms with Gasteiger partial charge in [0.05, 0.1) is 5.75 Å². The Morgan fingerprint density at radius 1 is 1.00 bits per heavy atom. The number of aliphatic carboxylic acids is 1. The van der Waals surface area contributed by atoms with Gasteiger partial charge in [0.1, 0.15) is 6.04 Å². The first-order valence-corrected chi connectivity index (χ1v) is 9.86. The molecule has 21 heavy (non-hydrogen) atoms. The minimum Gasteiger partial charge on any atom is -0.480 e. The van der Waals surface area contributed by atoms with Crippen molar-refractivity contribution in [2.45, 2.75) is 70.3 Å². The van der Waals surface area contributed by atoms with Crippen molar-refractivity contribution in [1.82, 2.24) is 4.72 Å². The van der Waals surface area contributed by atoms with Crippen molar-refractivity contribution in [3.8, 4) is 0 Å². The molecule has 0 aliphatic heterocycles. The molecule has 1 atom stereocenters. The molecule has 2 N–H and O–H groups in total.